The maximum Gasteiger partial charge on any atom is 0.213 e. The van der Waals surface area contributed by atoms with Gasteiger partial charge in [0.25, 0.3) is 0 Å². The van der Waals surface area contributed by atoms with Crippen molar-refractivity contribution in [3.8, 4) is 0 Å². The van der Waals surface area contributed by atoms with Crippen molar-refractivity contribution in [2.75, 3.05) is 6.61 Å². The van der Waals surface area contributed by atoms with E-state index in [1.807, 2.05) is 6.92 Å². The molecule has 5 rings (SSSR count). The smallest absolute Gasteiger partial charge is 0.213 e. The van der Waals surface area contributed by atoms with Crippen molar-refractivity contribution in [3.05, 3.63) is 23.6 Å². The van der Waals surface area contributed by atoms with Crippen molar-refractivity contribution in [2.24, 2.45) is 22.7 Å². The number of fused-ring (bicyclic) bond motifs is 7. The fourth-order valence-electron chi connectivity index (χ4n) is 8.00. The number of hydrogen-bond donors (Lipinski definition) is 2. The molecule has 0 aromatic carbocycles. The Morgan fingerprint density at radius 2 is 1.94 bits per heavy atom. The van der Waals surface area contributed by atoms with Crippen molar-refractivity contribution in [1.82, 2.24) is 0 Å². The Hall–Kier alpha value is -1.48. The zero-order valence-corrected chi connectivity index (χ0v) is 18.8. The first-order chi connectivity index (χ1) is 14.8. The average Bonchev–Trinajstić information content (AvgIpc) is 3.12. The summed E-state index contributed by atoms with van der Waals surface area (Å²) in [5, 5.41) is 21.1. The minimum absolute atomic E-state index is 0.0966. The molecule has 1 unspecified atom stereocenters. The van der Waals surface area contributed by atoms with Crippen LogP contribution in [-0.2, 0) is 19.1 Å². The fraction of sp³-hybridized carbons (Fsp3) is 0.750. The van der Waals surface area contributed by atoms with E-state index in [0.717, 1.165) is 6.08 Å². The number of allylic oxidation sites excluding steroid dienone is 4. The van der Waals surface area contributed by atoms with E-state index in [2.05, 4.69) is 0 Å². The topological polar surface area (TPSA) is 93.1 Å². The molecule has 3 saturated carbocycles. The number of halogens is 2. The average molecular weight is 452 g/mol. The van der Waals surface area contributed by atoms with Gasteiger partial charge in [0.05, 0.1) is 12.2 Å². The molecular formula is C24H30F2O6. The SMILES string of the molecule is CC1(C)OC2C[C@H]3[C@@H]4CCC5=C(F)C(=O)C=C[C@]5(C)[C@@]4(F)[C@@H](O)C[C@]3(C)[C@]2(C(=O)CO)O1. The van der Waals surface area contributed by atoms with Crippen LogP contribution >= 0.6 is 0 Å². The summed E-state index contributed by atoms with van der Waals surface area (Å²) in [7, 11) is 0. The standard InChI is InChI=1S/C24H30F2O6/c1-20(2)31-18-9-14-12-5-6-13-19(25)15(28)7-8-21(13,3)23(12,26)16(29)10-22(14,4)24(18,32-20)17(30)11-27/h7-8,12,14,16,18,27,29H,5-6,9-11H2,1-4H3/t12-,14-,16-,18?,21-,22-,23-,24+/m0/s1. The van der Waals surface area contributed by atoms with E-state index in [9.17, 15) is 24.2 Å². The summed E-state index contributed by atoms with van der Waals surface area (Å²) in [6.45, 7) is 6.00. The highest BCUT2D eigenvalue weighted by molar-refractivity contribution is 6.04. The van der Waals surface area contributed by atoms with Crippen LogP contribution < -0.4 is 0 Å². The highest BCUT2D eigenvalue weighted by Gasteiger charge is 2.80. The summed E-state index contributed by atoms with van der Waals surface area (Å²) in [6.07, 6.45) is 0.859. The first-order valence-corrected chi connectivity index (χ1v) is 11.3. The molecule has 1 heterocycles. The van der Waals surface area contributed by atoms with E-state index >= 15 is 4.39 Å². The van der Waals surface area contributed by atoms with Gasteiger partial charge < -0.3 is 19.7 Å². The lowest BCUT2D eigenvalue weighted by atomic mass is 9.44. The summed E-state index contributed by atoms with van der Waals surface area (Å²) in [5.41, 5.74) is -6.09. The Kier molecular flexibility index (Phi) is 4.42. The highest BCUT2D eigenvalue weighted by Crippen LogP contribution is 2.72. The Bertz CT molecular complexity index is 974. The largest absolute Gasteiger partial charge is 0.390 e. The molecule has 1 aliphatic heterocycles. The quantitative estimate of drug-likeness (QED) is 0.669. The third kappa shape index (κ3) is 2.27. The number of hydrogen-bond acceptors (Lipinski definition) is 6. The van der Waals surface area contributed by atoms with Gasteiger partial charge in [-0.3, -0.25) is 9.59 Å². The van der Waals surface area contributed by atoms with Crippen LogP contribution in [0.2, 0.25) is 0 Å². The lowest BCUT2D eigenvalue weighted by Gasteiger charge is -2.62. The third-order valence-electron chi connectivity index (χ3n) is 9.28. The second kappa shape index (κ2) is 6.34. The highest BCUT2D eigenvalue weighted by atomic mass is 19.1. The fourth-order valence-corrected chi connectivity index (χ4v) is 8.00. The van der Waals surface area contributed by atoms with E-state index in [4.69, 9.17) is 9.47 Å². The number of ketones is 2. The molecule has 4 aliphatic carbocycles. The van der Waals surface area contributed by atoms with Crippen LogP contribution in [0.5, 0.6) is 0 Å². The maximum atomic E-state index is 17.1. The number of carbonyl (C=O) groups is 2. The van der Waals surface area contributed by atoms with Crippen LogP contribution in [0.25, 0.3) is 0 Å². The van der Waals surface area contributed by atoms with Crippen LogP contribution in [0.1, 0.15) is 53.4 Å². The van der Waals surface area contributed by atoms with Crippen LogP contribution in [0.15, 0.2) is 23.6 Å². The van der Waals surface area contributed by atoms with Crippen LogP contribution in [0.4, 0.5) is 8.78 Å². The van der Waals surface area contributed by atoms with Crippen LogP contribution in [0, 0.1) is 22.7 Å². The molecule has 1 saturated heterocycles. The third-order valence-corrected chi connectivity index (χ3v) is 9.28. The van der Waals surface area contributed by atoms with Gasteiger partial charge in [0, 0.05) is 16.7 Å². The zero-order chi connectivity index (χ0) is 23.5. The van der Waals surface area contributed by atoms with Gasteiger partial charge in [-0.05, 0) is 64.0 Å². The number of carbonyl (C=O) groups excluding carboxylic acids is 2. The van der Waals surface area contributed by atoms with Gasteiger partial charge in [0.1, 0.15) is 6.61 Å². The van der Waals surface area contributed by atoms with Gasteiger partial charge in [-0.15, -0.1) is 0 Å². The normalized spacial score (nSPS) is 51.2. The van der Waals surface area contributed by atoms with Gasteiger partial charge >= 0.3 is 0 Å². The monoisotopic (exact) mass is 452 g/mol. The molecule has 0 bridgehead atoms. The number of rotatable bonds is 2. The van der Waals surface area contributed by atoms with E-state index in [1.54, 1.807) is 20.8 Å². The summed E-state index contributed by atoms with van der Waals surface area (Å²) in [6, 6.07) is 0. The molecule has 2 N–H and O–H groups in total. The number of ether oxygens (including phenoxy) is 2. The summed E-state index contributed by atoms with van der Waals surface area (Å²) in [4.78, 5) is 25.1. The van der Waals surface area contributed by atoms with Gasteiger partial charge in [-0.25, -0.2) is 8.78 Å². The first-order valence-electron chi connectivity index (χ1n) is 11.3. The van der Waals surface area contributed by atoms with E-state index in [1.165, 1.54) is 6.08 Å². The lowest BCUT2D eigenvalue weighted by molar-refractivity contribution is -0.246. The molecule has 0 aromatic rings. The van der Waals surface area contributed by atoms with E-state index in [-0.39, 0.29) is 24.8 Å². The maximum absolute atomic E-state index is 17.1. The predicted molar refractivity (Wildman–Crippen MR) is 109 cm³/mol. The van der Waals surface area contributed by atoms with Crippen LogP contribution in [-0.4, -0.2) is 57.7 Å². The second-order valence-corrected chi connectivity index (χ2v) is 11.0. The molecule has 176 valence electrons. The number of aliphatic hydroxyl groups excluding tert-OH is 2. The first kappa shape index (κ1) is 22.3. The van der Waals surface area contributed by atoms with Crippen molar-refractivity contribution in [3.63, 3.8) is 0 Å². The Balaban J connectivity index is 1.65. The molecule has 5 aliphatic rings. The van der Waals surface area contributed by atoms with E-state index in [0.29, 0.717) is 6.42 Å². The molecular weight excluding hydrogens is 422 g/mol. The molecule has 8 atom stereocenters. The number of aliphatic hydroxyl groups is 2. The summed E-state index contributed by atoms with van der Waals surface area (Å²) < 4.78 is 44.2. The van der Waals surface area contributed by atoms with Gasteiger partial charge in [-0.1, -0.05) is 13.0 Å². The molecule has 0 amide bonds. The Labute approximate surface area is 185 Å². The molecule has 32 heavy (non-hydrogen) atoms. The molecule has 6 nitrogen and oxygen atoms in total. The zero-order valence-electron chi connectivity index (χ0n) is 18.8. The summed E-state index contributed by atoms with van der Waals surface area (Å²) in [5.74, 6) is -4.42. The van der Waals surface area contributed by atoms with Gasteiger partial charge in [0.15, 0.2) is 28.7 Å². The number of alkyl halides is 1. The van der Waals surface area contributed by atoms with Crippen molar-refractivity contribution in [2.45, 2.75) is 82.6 Å². The predicted octanol–water partition coefficient (Wildman–Crippen LogP) is 2.72. The molecule has 0 radical (unpaired) electrons. The minimum Gasteiger partial charge on any atom is -0.390 e. The van der Waals surface area contributed by atoms with E-state index < -0.39 is 75.9 Å². The van der Waals surface area contributed by atoms with Gasteiger partial charge in [0.2, 0.25) is 5.78 Å². The van der Waals surface area contributed by atoms with Crippen molar-refractivity contribution in [1.29, 1.82) is 0 Å². The Morgan fingerprint density at radius 3 is 2.59 bits per heavy atom. The molecule has 0 spiro atoms. The molecule has 0 aromatic heterocycles. The van der Waals surface area contributed by atoms with Gasteiger partial charge in [-0.2, -0.15) is 0 Å². The second-order valence-electron chi connectivity index (χ2n) is 11.0. The lowest BCUT2D eigenvalue weighted by Crippen LogP contribution is -2.70. The summed E-state index contributed by atoms with van der Waals surface area (Å²) >= 11 is 0. The van der Waals surface area contributed by atoms with Crippen molar-refractivity contribution < 1.29 is 38.1 Å². The minimum atomic E-state index is -2.23. The van der Waals surface area contributed by atoms with Crippen molar-refractivity contribution >= 4 is 11.6 Å². The van der Waals surface area contributed by atoms with Crippen LogP contribution in [0.3, 0.4) is 0 Å². The molecule has 8 heteroatoms. The number of Topliss-reactive ketones (excluding diaryl/α,β-unsaturated/α-hetero) is 1. The molecule has 4 fully saturated rings. The Morgan fingerprint density at radius 1 is 1.25 bits per heavy atom.